The molecule has 6 heteroatoms. The highest BCUT2D eigenvalue weighted by Gasteiger charge is 2.27. The molecule has 19 heavy (non-hydrogen) atoms. The van der Waals surface area contributed by atoms with E-state index in [0.717, 1.165) is 22.3 Å². The van der Waals surface area contributed by atoms with Crippen LogP contribution >= 0.6 is 0 Å². The minimum absolute atomic E-state index is 0.0237. The molecule has 0 bridgehead atoms. The predicted octanol–water partition coefficient (Wildman–Crippen LogP) is 2.27. The summed E-state index contributed by atoms with van der Waals surface area (Å²) in [5, 5.41) is 2.86. The van der Waals surface area contributed by atoms with Gasteiger partial charge in [0, 0.05) is 5.69 Å². The first kappa shape index (κ1) is 10.3. The van der Waals surface area contributed by atoms with Crippen LogP contribution in [0.3, 0.4) is 0 Å². The standard InChI is InChI=1S/C13H10N4O2/c1-6-7-4-9-10(5-8(7)17-12(6)18)16-11(15-9)13-14-2-3-19-13/h2-6H,1H3,(H,15,16)(H,17,18). The zero-order valence-electron chi connectivity index (χ0n) is 10.1. The Hall–Kier alpha value is -2.63. The number of imidazole rings is 1. The third-order valence-corrected chi connectivity index (χ3v) is 3.41. The third kappa shape index (κ3) is 1.40. The van der Waals surface area contributed by atoms with Crippen molar-refractivity contribution in [2.75, 3.05) is 5.32 Å². The van der Waals surface area contributed by atoms with Gasteiger partial charge in [0.1, 0.15) is 6.26 Å². The molecular weight excluding hydrogens is 244 g/mol. The van der Waals surface area contributed by atoms with Crippen molar-refractivity contribution in [2.45, 2.75) is 12.8 Å². The van der Waals surface area contributed by atoms with Crippen molar-refractivity contribution in [1.82, 2.24) is 15.0 Å². The van der Waals surface area contributed by atoms with Gasteiger partial charge in [0.15, 0.2) is 5.82 Å². The summed E-state index contributed by atoms with van der Waals surface area (Å²) in [7, 11) is 0. The maximum absolute atomic E-state index is 11.6. The number of nitrogens with zero attached hydrogens (tertiary/aromatic N) is 2. The molecule has 1 unspecified atom stereocenters. The maximum atomic E-state index is 11.6. The second-order valence-electron chi connectivity index (χ2n) is 4.59. The van der Waals surface area contributed by atoms with Gasteiger partial charge in [-0.25, -0.2) is 9.97 Å². The van der Waals surface area contributed by atoms with Crippen LogP contribution in [0.15, 0.2) is 29.0 Å². The largest absolute Gasteiger partial charge is 0.442 e. The second kappa shape index (κ2) is 3.44. The number of H-pyrrole nitrogens is 1. The highest BCUT2D eigenvalue weighted by Crippen LogP contribution is 2.35. The smallest absolute Gasteiger partial charge is 0.262 e. The monoisotopic (exact) mass is 254 g/mol. The van der Waals surface area contributed by atoms with Crippen LogP contribution < -0.4 is 5.32 Å². The molecule has 1 amide bonds. The number of amides is 1. The number of fused-ring (bicyclic) bond motifs is 2. The van der Waals surface area contributed by atoms with Crippen LogP contribution in [0.2, 0.25) is 0 Å². The van der Waals surface area contributed by atoms with Crippen molar-refractivity contribution < 1.29 is 9.21 Å². The van der Waals surface area contributed by atoms with Crippen LogP contribution in [0.5, 0.6) is 0 Å². The van der Waals surface area contributed by atoms with E-state index in [1.807, 2.05) is 19.1 Å². The van der Waals surface area contributed by atoms with Gasteiger partial charge in [-0.15, -0.1) is 0 Å². The summed E-state index contributed by atoms with van der Waals surface area (Å²) in [6, 6.07) is 3.82. The Balaban J connectivity index is 1.91. The van der Waals surface area contributed by atoms with Gasteiger partial charge in [-0.1, -0.05) is 0 Å². The molecule has 0 saturated heterocycles. The molecule has 0 spiro atoms. The quantitative estimate of drug-likeness (QED) is 0.697. The van der Waals surface area contributed by atoms with Crippen molar-refractivity contribution >= 4 is 22.6 Å². The summed E-state index contributed by atoms with van der Waals surface area (Å²) < 4.78 is 5.21. The number of hydrogen-bond acceptors (Lipinski definition) is 4. The van der Waals surface area contributed by atoms with Crippen LogP contribution in [-0.4, -0.2) is 20.9 Å². The minimum Gasteiger partial charge on any atom is -0.442 e. The average Bonchev–Trinajstić information content (AvgIpc) is 3.08. The van der Waals surface area contributed by atoms with Gasteiger partial charge in [-0.3, -0.25) is 4.79 Å². The Morgan fingerprint density at radius 3 is 3.05 bits per heavy atom. The van der Waals surface area contributed by atoms with Crippen molar-refractivity contribution in [3.05, 3.63) is 30.2 Å². The minimum atomic E-state index is -0.138. The van der Waals surface area contributed by atoms with Gasteiger partial charge in [0.2, 0.25) is 5.91 Å². The van der Waals surface area contributed by atoms with Crippen LogP contribution in [0, 0.1) is 0 Å². The Morgan fingerprint density at radius 2 is 2.26 bits per heavy atom. The van der Waals surface area contributed by atoms with Crippen molar-refractivity contribution in [1.29, 1.82) is 0 Å². The van der Waals surface area contributed by atoms with E-state index in [-0.39, 0.29) is 11.8 Å². The molecule has 3 heterocycles. The van der Waals surface area contributed by atoms with Crippen LogP contribution in [-0.2, 0) is 4.79 Å². The normalized spacial score (nSPS) is 17.7. The number of benzene rings is 1. The van der Waals surface area contributed by atoms with E-state index in [2.05, 4.69) is 20.3 Å². The molecule has 2 aromatic heterocycles. The summed E-state index contributed by atoms with van der Waals surface area (Å²) in [5.74, 6) is 0.924. The van der Waals surface area contributed by atoms with Gasteiger partial charge in [-0.2, -0.15) is 0 Å². The average molecular weight is 254 g/mol. The zero-order valence-corrected chi connectivity index (χ0v) is 10.1. The maximum Gasteiger partial charge on any atom is 0.262 e. The number of carbonyl (C=O) groups is 1. The lowest BCUT2D eigenvalue weighted by Crippen LogP contribution is -2.08. The molecule has 94 valence electrons. The number of anilines is 1. The van der Waals surface area contributed by atoms with Gasteiger partial charge >= 0.3 is 0 Å². The molecule has 1 aliphatic rings. The van der Waals surface area contributed by atoms with Gasteiger partial charge < -0.3 is 14.7 Å². The first-order valence-corrected chi connectivity index (χ1v) is 5.97. The SMILES string of the molecule is CC1C(=O)Nc2cc3[nH]c(-c4ncco4)nc3cc21. The number of aromatic amines is 1. The molecule has 0 aliphatic carbocycles. The highest BCUT2D eigenvalue weighted by molar-refractivity contribution is 6.05. The predicted molar refractivity (Wildman–Crippen MR) is 68.6 cm³/mol. The van der Waals surface area contributed by atoms with E-state index in [4.69, 9.17) is 4.42 Å². The van der Waals surface area contributed by atoms with E-state index < -0.39 is 0 Å². The molecule has 2 N–H and O–H groups in total. The Kier molecular flexibility index (Phi) is 1.87. The fourth-order valence-electron chi connectivity index (χ4n) is 2.36. The molecular formula is C13H10N4O2. The van der Waals surface area contributed by atoms with Crippen molar-refractivity contribution in [3.8, 4) is 11.7 Å². The van der Waals surface area contributed by atoms with E-state index in [1.165, 1.54) is 6.26 Å². The van der Waals surface area contributed by atoms with Gasteiger partial charge in [0.25, 0.3) is 5.89 Å². The lowest BCUT2D eigenvalue weighted by atomic mass is 10.0. The van der Waals surface area contributed by atoms with Gasteiger partial charge in [0.05, 0.1) is 23.1 Å². The Bertz CT molecular complexity index is 788. The van der Waals surface area contributed by atoms with E-state index >= 15 is 0 Å². The van der Waals surface area contributed by atoms with E-state index in [0.29, 0.717) is 11.7 Å². The van der Waals surface area contributed by atoms with Crippen LogP contribution in [0.1, 0.15) is 18.4 Å². The van der Waals surface area contributed by atoms with Crippen LogP contribution in [0.25, 0.3) is 22.7 Å². The van der Waals surface area contributed by atoms with Gasteiger partial charge in [-0.05, 0) is 24.6 Å². The summed E-state index contributed by atoms with van der Waals surface area (Å²) in [6.45, 7) is 1.88. The summed E-state index contributed by atoms with van der Waals surface area (Å²) >= 11 is 0. The summed E-state index contributed by atoms with van der Waals surface area (Å²) in [4.78, 5) is 23.3. The Labute approximate surface area is 107 Å². The lowest BCUT2D eigenvalue weighted by Gasteiger charge is -1.99. The number of rotatable bonds is 1. The van der Waals surface area contributed by atoms with Crippen molar-refractivity contribution in [2.24, 2.45) is 0 Å². The number of nitrogens with one attached hydrogen (secondary N) is 2. The second-order valence-corrected chi connectivity index (χ2v) is 4.59. The molecule has 6 nitrogen and oxygen atoms in total. The molecule has 0 radical (unpaired) electrons. The first-order chi connectivity index (χ1) is 9.22. The van der Waals surface area contributed by atoms with E-state index in [9.17, 15) is 4.79 Å². The molecule has 1 aliphatic heterocycles. The first-order valence-electron chi connectivity index (χ1n) is 5.97. The number of oxazole rings is 1. The van der Waals surface area contributed by atoms with Crippen molar-refractivity contribution in [3.63, 3.8) is 0 Å². The highest BCUT2D eigenvalue weighted by atomic mass is 16.3. The number of carbonyl (C=O) groups excluding carboxylic acids is 1. The summed E-state index contributed by atoms with van der Waals surface area (Å²) in [5.41, 5.74) is 3.47. The third-order valence-electron chi connectivity index (χ3n) is 3.41. The molecule has 1 aromatic carbocycles. The zero-order chi connectivity index (χ0) is 13.0. The molecule has 1 atom stereocenters. The molecule has 3 aromatic rings. The van der Waals surface area contributed by atoms with Crippen LogP contribution in [0.4, 0.5) is 5.69 Å². The number of hydrogen-bond donors (Lipinski definition) is 2. The van der Waals surface area contributed by atoms with E-state index in [1.54, 1.807) is 6.20 Å². The molecule has 0 saturated carbocycles. The Morgan fingerprint density at radius 1 is 1.37 bits per heavy atom. The summed E-state index contributed by atoms with van der Waals surface area (Å²) in [6.07, 6.45) is 3.08. The molecule has 0 fully saturated rings. The fourth-order valence-corrected chi connectivity index (χ4v) is 2.36. The lowest BCUT2D eigenvalue weighted by molar-refractivity contribution is -0.116. The fraction of sp³-hybridized carbons (Fsp3) is 0.154. The topological polar surface area (TPSA) is 83.8 Å². The number of aromatic nitrogens is 3. The molecule has 4 rings (SSSR count).